The standard InChI is InChI=1S/C20H24N4O6S2/c1-3-30-19(29)14-11-7-5-4-6-8-12(11)32-18(14)22-13(26)9-31-20-23-16(27)15(17(28)24-20)21-10(2)25/h3-9H2,1-2H3,(H,21,25)(H,22,26)(H2,23,24,27,28). The molecule has 2 amide bonds. The van der Waals surface area contributed by atoms with Crippen LogP contribution in [0.4, 0.5) is 10.7 Å². The van der Waals surface area contributed by atoms with Crippen molar-refractivity contribution in [2.24, 2.45) is 0 Å². The summed E-state index contributed by atoms with van der Waals surface area (Å²) < 4.78 is 5.21. The monoisotopic (exact) mass is 480 g/mol. The lowest BCUT2D eigenvalue weighted by atomic mass is 10.1. The van der Waals surface area contributed by atoms with Crippen LogP contribution in [0.15, 0.2) is 9.95 Å². The number of aromatic amines is 1. The molecule has 10 nitrogen and oxygen atoms in total. The van der Waals surface area contributed by atoms with Gasteiger partial charge in [0.2, 0.25) is 17.7 Å². The molecule has 0 unspecified atom stereocenters. The molecule has 0 aliphatic heterocycles. The SMILES string of the molecule is CCOC(=O)c1c(NC(=O)CSc2nc(O)c(NC(C)=O)c(=O)[nH]2)sc2c1CCCCC2. The van der Waals surface area contributed by atoms with E-state index in [0.717, 1.165) is 54.3 Å². The van der Waals surface area contributed by atoms with Gasteiger partial charge >= 0.3 is 5.97 Å². The molecule has 2 aromatic heterocycles. The van der Waals surface area contributed by atoms with Crippen molar-refractivity contribution in [2.45, 2.75) is 51.1 Å². The van der Waals surface area contributed by atoms with Crippen LogP contribution in [0, 0.1) is 0 Å². The second-order valence-corrected chi connectivity index (χ2v) is 9.15. The quantitative estimate of drug-likeness (QED) is 0.204. The summed E-state index contributed by atoms with van der Waals surface area (Å²) in [5, 5.41) is 15.3. The molecule has 0 aromatic carbocycles. The van der Waals surface area contributed by atoms with Gasteiger partial charge in [0, 0.05) is 11.8 Å². The average Bonchev–Trinajstić information content (AvgIpc) is 2.89. The lowest BCUT2D eigenvalue weighted by Gasteiger charge is -2.09. The van der Waals surface area contributed by atoms with Crippen LogP contribution in [0.2, 0.25) is 0 Å². The molecule has 2 aromatic rings. The largest absolute Gasteiger partial charge is 0.492 e. The molecule has 1 aliphatic carbocycles. The predicted molar refractivity (Wildman–Crippen MR) is 122 cm³/mol. The van der Waals surface area contributed by atoms with Crippen LogP contribution >= 0.6 is 23.1 Å². The van der Waals surface area contributed by atoms with E-state index < -0.39 is 29.2 Å². The maximum atomic E-state index is 12.6. The zero-order valence-electron chi connectivity index (χ0n) is 17.7. The number of aromatic nitrogens is 2. The fourth-order valence-electron chi connectivity index (χ4n) is 3.34. The Labute approximate surface area is 192 Å². The van der Waals surface area contributed by atoms with Crippen molar-refractivity contribution in [2.75, 3.05) is 23.0 Å². The number of esters is 1. The summed E-state index contributed by atoms with van der Waals surface area (Å²) in [5.41, 5.74) is 0.294. The highest BCUT2D eigenvalue weighted by molar-refractivity contribution is 7.99. The number of anilines is 2. The second-order valence-electron chi connectivity index (χ2n) is 7.08. The average molecular weight is 481 g/mol. The zero-order valence-corrected chi connectivity index (χ0v) is 19.3. The predicted octanol–water partition coefficient (Wildman–Crippen LogP) is 2.67. The Bertz CT molecular complexity index is 1090. The van der Waals surface area contributed by atoms with Crippen molar-refractivity contribution in [3.63, 3.8) is 0 Å². The van der Waals surface area contributed by atoms with E-state index in [9.17, 15) is 24.3 Å². The van der Waals surface area contributed by atoms with Crippen LogP contribution in [0.1, 0.15) is 53.9 Å². The maximum absolute atomic E-state index is 12.6. The molecule has 12 heteroatoms. The summed E-state index contributed by atoms with van der Waals surface area (Å²) in [6.45, 7) is 3.17. The normalized spacial score (nSPS) is 13.1. The van der Waals surface area contributed by atoms with Crippen LogP contribution in [-0.2, 0) is 27.2 Å². The molecule has 32 heavy (non-hydrogen) atoms. The van der Waals surface area contributed by atoms with Crippen LogP contribution in [-0.4, -0.2) is 45.2 Å². The second kappa shape index (κ2) is 10.6. The van der Waals surface area contributed by atoms with Crippen molar-refractivity contribution in [3.8, 4) is 5.88 Å². The highest BCUT2D eigenvalue weighted by Crippen LogP contribution is 2.38. The number of hydrogen-bond donors (Lipinski definition) is 4. The van der Waals surface area contributed by atoms with E-state index in [1.807, 2.05) is 0 Å². The molecule has 4 N–H and O–H groups in total. The fourth-order valence-corrected chi connectivity index (χ4v) is 5.29. The molecule has 172 valence electrons. The molecule has 0 bridgehead atoms. The van der Waals surface area contributed by atoms with Crippen molar-refractivity contribution >= 4 is 51.6 Å². The minimum Gasteiger partial charge on any atom is -0.492 e. The Hall–Kier alpha value is -2.86. The van der Waals surface area contributed by atoms with Gasteiger partial charge in [0.15, 0.2) is 10.8 Å². The highest BCUT2D eigenvalue weighted by atomic mass is 32.2. The molecule has 0 saturated heterocycles. The molecule has 0 spiro atoms. The summed E-state index contributed by atoms with van der Waals surface area (Å²) in [5.74, 6) is -2.13. The summed E-state index contributed by atoms with van der Waals surface area (Å²) in [7, 11) is 0. The molecular weight excluding hydrogens is 456 g/mol. The Morgan fingerprint density at radius 3 is 2.66 bits per heavy atom. The van der Waals surface area contributed by atoms with Crippen LogP contribution in [0.25, 0.3) is 0 Å². The number of carbonyl (C=O) groups is 3. The van der Waals surface area contributed by atoms with Gasteiger partial charge in [-0.1, -0.05) is 18.2 Å². The number of aromatic hydroxyl groups is 1. The number of aryl methyl sites for hydroxylation is 1. The minimum atomic E-state index is -0.734. The smallest absolute Gasteiger partial charge is 0.341 e. The van der Waals surface area contributed by atoms with Gasteiger partial charge in [-0.3, -0.25) is 19.4 Å². The summed E-state index contributed by atoms with van der Waals surface area (Å²) in [6, 6.07) is 0. The first-order valence-electron chi connectivity index (χ1n) is 10.1. The van der Waals surface area contributed by atoms with Crippen molar-refractivity contribution in [1.29, 1.82) is 0 Å². The van der Waals surface area contributed by atoms with Crippen molar-refractivity contribution in [3.05, 3.63) is 26.4 Å². The van der Waals surface area contributed by atoms with E-state index in [1.54, 1.807) is 6.92 Å². The van der Waals surface area contributed by atoms with Crippen LogP contribution in [0.3, 0.4) is 0 Å². The number of fused-ring (bicyclic) bond motifs is 1. The summed E-state index contributed by atoms with van der Waals surface area (Å²) in [4.78, 5) is 55.6. The van der Waals surface area contributed by atoms with Gasteiger partial charge in [0.1, 0.15) is 5.00 Å². The van der Waals surface area contributed by atoms with Gasteiger partial charge in [-0.15, -0.1) is 11.3 Å². The Balaban J connectivity index is 1.73. The molecule has 0 atom stereocenters. The molecule has 0 saturated carbocycles. The van der Waals surface area contributed by atoms with Gasteiger partial charge in [0.05, 0.1) is 17.9 Å². The number of hydrogen-bond acceptors (Lipinski definition) is 9. The van der Waals surface area contributed by atoms with Crippen molar-refractivity contribution in [1.82, 2.24) is 9.97 Å². The van der Waals surface area contributed by atoms with Crippen LogP contribution in [0.5, 0.6) is 5.88 Å². The summed E-state index contributed by atoms with van der Waals surface area (Å²) in [6.07, 6.45) is 4.75. The molecule has 3 rings (SSSR count). The van der Waals surface area contributed by atoms with Crippen molar-refractivity contribution < 1.29 is 24.2 Å². The third-order valence-electron chi connectivity index (χ3n) is 4.67. The number of nitrogens with zero attached hydrogens (tertiary/aromatic N) is 1. The van der Waals surface area contributed by atoms with E-state index in [2.05, 4.69) is 20.6 Å². The Morgan fingerprint density at radius 1 is 1.22 bits per heavy atom. The van der Waals surface area contributed by atoms with Gasteiger partial charge in [-0.05, 0) is 38.2 Å². The first-order chi connectivity index (χ1) is 15.3. The van der Waals surface area contributed by atoms with Crippen LogP contribution < -0.4 is 16.2 Å². The number of nitrogens with one attached hydrogen (secondary N) is 3. The number of carbonyl (C=O) groups excluding carboxylic acids is 3. The van der Waals surface area contributed by atoms with Gasteiger partial charge in [-0.2, -0.15) is 4.98 Å². The lowest BCUT2D eigenvalue weighted by Crippen LogP contribution is -2.20. The Kier molecular flexibility index (Phi) is 7.91. The highest BCUT2D eigenvalue weighted by Gasteiger charge is 2.26. The maximum Gasteiger partial charge on any atom is 0.341 e. The first-order valence-corrected chi connectivity index (χ1v) is 12.0. The number of H-pyrrole nitrogens is 1. The molecule has 2 heterocycles. The minimum absolute atomic E-state index is 0.0179. The third-order valence-corrected chi connectivity index (χ3v) is 6.75. The van der Waals surface area contributed by atoms with E-state index in [0.29, 0.717) is 10.6 Å². The lowest BCUT2D eigenvalue weighted by molar-refractivity contribution is -0.114. The third kappa shape index (κ3) is 5.68. The summed E-state index contributed by atoms with van der Waals surface area (Å²) >= 11 is 2.30. The number of rotatable bonds is 7. The topological polar surface area (TPSA) is 150 Å². The van der Waals surface area contributed by atoms with Gasteiger partial charge in [0.25, 0.3) is 5.56 Å². The number of thiophene rings is 1. The zero-order chi connectivity index (χ0) is 23.3. The van der Waals surface area contributed by atoms with E-state index in [-0.39, 0.29) is 23.2 Å². The Morgan fingerprint density at radius 2 is 1.97 bits per heavy atom. The van der Waals surface area contributed by atoms with Gasteiger partial charge < -0.3 is 20.5 Å². The molecule has 0 radical (unpaired) electrons. The molecular formula is C20H24N4O6S2. The van der Waals surface area contributed by atoms with E-state index in [4.69, 9.17) is 4.74 Å². The number of thioether (sulfide) groups is 1. The fraction of sp³-hybridized carbons (Fsp3) is 0.450. The molecule has 1 aliphatic rings. The first kappa shape index (κ1) is 23.8. The van der Waals surface area contributed by atoms with Gasteiger partial charge in [-0.25, -0.2) is 4.79 Å². The van der Waals surface area contributed by atoms with E-state index >= 15 is 0 Å². The number of amides is 2. The van der Waals surface area contributed by atoms with E-state index in [1.165, 1.54) is 18.3 Å². The molecule has 0 fully saturated rings. The number of ether oxygens (including phenoxy) is 1.